The van der Waals surface area contributed by atoms with Crippen LogP contribution in [0.1, 0.15) is 36.7 Å². The van der Waals surface area contributed by atoms with Crippen LogP contribution in [0.5, 0.6) is 5.75 Å². The summed E-state index contributed by atoms with van der Waals surface area (Å²) in [5, 5.41) is 11.3. The Morgan fingerprint density at radius 3 is 2.38 bits per heavy atom. The molecule has 0 atom stereocenters. The Morgan fingerprint density at radius 2 is 1.71 bits per heavy atom. The number of ether oxygens (including phenoxy) is 1. The van der Waals surface area contributed by atoms with E-state index in [9.17, 15) is 19.7 Å². The van der Waals surface area contributed by atoms with E-state index in [0.29, 0.717) is 16.5 Å². The average Bonchev–Trinajstić information content (AvgIpc) is 2.83. The fraction of sp³-hybridized carbons (Fsp3) is 0.185. The number of carbonyl (C=O) groups excluding carboxylic acids is 1. The summed E-state index contributed by atoms with van der Waals surface area (Å²) >= 11 is 0. The number of non-ortho nitro benzene ring substituents is 1. The van der Waals surface area contributed by atoms with Crippen molar-refractivity contribution in [3.63, 3.8) is 0 Å². The highest BCUT2D eigenvalue weighted by atomic mass is 16.6. The first kappa shape index (κ1) is 22.9. The lowest BCUT2D eigenvalue weighted by Crippen LogP contribution is -2.17. The van der Waals surface area contributed by atoms with Crippen LogP contribution in [0.25, 0.3) is 22.3 Å². The molecule has 0 aliphatic carbocycles. The van der Waals surface area contributed by atoms with Gasteiger partial charge in [-0.2, -0.15) is 0 Å². The summed E-state index contributed by atoms with van der Waals surface area (Å²) in [7, 11) is 0. The Morgan fingerprint density at radius 1 is 1.00 bits per heavy atom. The summed E-state index contributed by atoms with van der Waals surface area (Å²) in [6.45, 7) is 5.84. The van der Waals surface area contributed by atoms with Gasteiger partial charge < -0.3 is 9.15 Å². The third-order valence-electron chi connectivity index (χ3n) is 5.50. The van der Waals surface area contributed by atoms with Crippen LogP contribution in [0.3, 0.4) is 0 Å². The summed E-state index contributed by atoms with van der Waals surface area (Å²) in [5.74, 6) is -0.359. The molecule has 0 unspecified atom stereocenters. The van der Waals surface area contributed by atoms with Crippen LogP contribution < -0.4 is 10.2 Å². The van der Waals surface area contributed by atoms with E-state index in [0.717, 1.165) is 5.56 Å². The molecule has 7 heteroatoms. The minimum absolute atomic E-state index is 0.0488. The molecule has 1 aromatic heterocycles. The number of para-hydroxylation sites is 1. The summed E-state index contributed by atoms with van der Waals surface area (Å²) < 4.78 is 11.8. The smallest absolute Gasteiger partial charge is 0.270 e. The van der Waals surface area contributed by atoms with Crippen molar-refractivity contribution in [3.05, 3.63) is 104 Å². The predicted octanol–water partition coefficient (Wildman–Crippen LogP) is 5.93. The Bertz CT molecular complexity index is 1440. The first-order chi connectivity index (χ1) is 16.1. The zero-order chi connectivity index (χ0) is 24.5. The van der Waals surface area contributed by atoms with Gasteiger partial charge in [0.25, 0.3) is 5.69 Å². The fourth-order valence-corrected chi connectivity index (χ4v) is 3.58. The largest absolute Gasteiger partial charge is 0.478 e. The maximum absolute atomic E-state index is 13.3. The topological polar surface area (TPSA) is 99.7 Å². The SMILES string of the molecule is CC(C)(C)c1ccc(-c2oc3ccccc3c(=O)c2OCC(=O)c2cccc([N+](=O)[O-])c2)cc1. The number of ketones is 1. The van der Waals surface area contributed by atoms with Crippen molar-refractivity contribution in [3.8, 4) is 17.1 Å². The molecular formula is C27H23NO6. The lowest BCUT2D eigenvalue weighted by atomic mass is 9.86. The maximum atomic E-state index is 13.3. The van der Waals surface area contributed by atoms with Gasteiger partial charge in [-0.1, -0.05) is 69.3 Å². The van der Waals surface area contributed by atoms with Gasteiger partial charge >= 0.3 is 0 Å². The molecule has 0 N–H and O–H groups in total. The van der Waals surface area contributed by atoms with Crippen LogP contribution in [-0.2, 0) is 5.41 Å². The van der Waals surface area contributed by atoms with Crippen molar-refractivity contribution in [2.45, 2.75) is 26.2 Å². The number of nitro groups is 1. The molecule has 0 saturated carbocycles. The molecule has 0 fully saturated rings. The van der Waals surface area contributed by atoms with Crippen molar-refractivity contribution in [2.24, 2.45) is 0 Å². The van der Waals surface area contributed by atoms with Crippen LogP contribution in [0.15, 0.2) is 82.0 Å². The van der Waals surface area contributed by atoms with Gasteiger partial charge in [0.1, 0.15) is 5.58 Å². The lowest BCUT2D eigenvalue weighted by Gasteiger charge is -2.19. The maximum Gasteiger partial charge on any atom is 0.270 e. The first-order valence-electron chi connectivity index (χ1n) is 10.7. The van der Waals surface area contributed by atoms with E-state index in [1.807, 2.05) is 24.3 Å². The van der Waals surface area contributed by atoms with Gasteiger partial charge in [-0.25, -0.2) is 0 Å². The summed E-state index contributed by atoms with van der Waals surface area (Å²) in [4.78, 5) is 36.4. The zero-order valence-corrected chi connectivity index (χ0v) is 19.0. The molecule has 0 aliphatic rings. The molecule has 0 radical (unpaired) electrons. The minimum Gasteiger partial charge on any atom is -0.478 e. The molecule has 0 bridgehead atoms. The molecule has 172 valence electrons. The second kappa shape index (κ2) is 8.94. The summed E-state index contributed by atoms with van der Waals surface area (Å²) in [6.07, 6.45) is 0. The van der Waals surface area contributed by atoms with E-state index < -0.39 is 22.7 Å². The van der Waals surface area contributed by atoms with Crippen LogP contribution in [0.4, 0.5) is 5.69 Å². The number of nitro benzene ring substituents is 1. The highest BCUT2D eigenvalue weighted by Gasteiger charge is 2.21. The van der Waals surface area contributed by atoms with Crippen LogP contribution in [0, 0.1) is 10.1 Å². The van der Waals surface area contributed by atoms with Gasteiger partial charge in [-0.15, -0.1) is 0 Å². The van der Waals surface area contributed by atoms with Gasteiger partial charge in [0, 0.05) is 23.3 Å². The van der Waals surface area contributed by atoms with Crippen molar-refractivity contribution in [2.75, 3.05) is 6.61 Å². The molecule has 4 rings (SSSR count). The number of Topliss-reactive ketones (excluding diaryl/α,β-unsaturated/α-hetero) is 1. The minimum atomic E-state index is -0.574. The molecule has 0 aliphatic heterocycles. The Labute approximate surface area is 195 Å². The summed E-state index contributed by atoms with van der Waals surface area (Å²) in [5.41, 5.74) is 1.62. The number of hydrogen-bond acceptors (Lipinski definition) is 6. The first-order valence-corrected chi connectivity index (χ1v) is 10.7. The van der Waals surface area contributed by atoms with Crippen molar-refractivity contribution < 1.29 is 18.9 Å². The third kappa shape index (κ3) is 4.59. The molecule has 4 aromatic rings. The number of carbonyl (C=O) groups is 1. The second-order valence-electron chi connectivity index (χ2n) is 8.93. The van der Waals surface area contributed by atoms with E-state index in [4.69, 9.17) is 9.15 Å². The molecule has 7 nitrogen and oxygen atoms in total. The number of rotatable bonds is 6. The van der Waals surface area contributed by atoms with E-state index in [1.165, 1.54) is 24.3 Å². The Kier molecular flexibility index (Phi) is 6.03. The molecule has 0 saturated heterocycles. The van der Waals surface area contributed by atoms with Gasteiger partial charge in [-0.3, -0.25) is 19.7 Å². The number of benzene rings is 3. The predicted molar refractivity (Wildman–Crippen MR) is 130 cm³/mol. The fourth-order valence-electron chi connectivity index (χ4n) is 3.58. The third-order valence-corrected chi connectivity index (χ3v) is 5.50. The van der Waals surface area contributed by atoms with Crippen LogP contribution in [-0.4, -0.2) is 17.3 Å². The van der Waals surface area contributed by atoms with E-state index in [1.54, 1.807) is 24.3 Å². The van der Waals surface area contributed by atoms with E-state index >= 15 is 0 Å². The second-order valence-corrected chi connectivity index (χ2v) is 8.93. The monoisotopic (exact) mass is 457 g/mol. The van der Waals surface area contributed by atoms with Gasteiger partial charge in [0.05, 0.1) is 10.3 Å². The Hall–Kier alpha value is -4.26. The quantitative estimate of drug-likeness (QED) is 0.202. The van der Waals surface area contributed by atoms with Crippen molar-refractivity contribution in [1.82, 2.24) is 0 Å². The summed E-state index contributed by atoms with van der Waals surface area (Å²) in [6, 6.07) is 19.8. The number of fused-ring (bicyclic) bond motifs is 1. The lowest BCUT2D eigenvalue weighted by molar-refractivity contribution is -0.384. The van der Waals surface area contributed by atoms with Crippen molar-refractivity contribution >= 4 is 22.4 Å². The van der Waals surface area contributed by atoms with Gasteiger partial charge in [-0.05, 0) is 23.1 Å². The average molecular weight is 457 g/mol. The highest BCUT2D eigenvalue weighted by molar-refractivity contribution is 5.98. The standard InChI is InChI=1S/C27H23NO6/c1-27(2,3)19-13-11-17(12-14-19)25-26(24(30)21-9-4-5-10-23(21)34-25)33-16-22(29)18-7-6-8-20(15-18)28(31)32/h4-15H,16H2,1-3H3. The van der Waals surface area contributed by atoms with Crippen LogP contribution >= 0.6 is 0 Å². The number of hydrogen-bond donors (Lipinski definition) is 0. The van der Waals surface area contributed by atoms with Gasteiger partial charge in [0.2, 0.25) is 11.2 Å². The molecule has 0 spiro atoms. The molecule has 34 heavy (non-hydrogen) atoms. The van der Waals surface area contributed by atoms with Gasteiger partial charge in [0.15, 0.2) is 18.2 Å². The van der Waals surface area contributed by atoms with E-state index in [-0.39, 0.29) is 28.2 Å². The van der Waals surface area contributed by atoms with Crippen LogP contribution in [0.2, 0.25) is 0 Å². The molecule has 3 aromatic carbocycles. The normalized spacial score (nSPS) is 11.4. The number of nitrogens with zero attached hydrogens (tertiary/aromatic N) is 1. The zero-order valence-electron chi connectivity index (χ0n) is 19.0. The van der Waals surface area contributed by atoms with E-state index in [2.05, 4.69) is 20.8 Å². The Balaban J connectivity index is 1.73. The molecule has 1 heterocycles. The van der Waals surface area contributed by atoms with Crippen molar-refractivity contribution in [1.29, 1.82) is 0 Å². The molecule has 0 amide bonds. The highest BCUT2D eigenvalue weighted by Crippen LogP contribution is 2.33. The molecular weight excluding hydrogens is 434 g/mol.